The standard InChI is InChI=1S/C30H33F2N5O5/c1-18-15-37(29(39)24-7-5-6-12-33-24)19(2)17-42-26-11-9-21(14-22(26)28(38)36(3)16-27(18)41-4)34-30(40)35-25-13-20(31)8-10-23(25)32/h5-14,18-19,27H,15-17H2,1-4H3,(H2,34,35,40)/t18-,19-,27-/m1/s1. The lowest BCUT2D eigenvalue weighted by atomic mass is 10.0. The van der Waals surface area contributed by atoms with Gasteiger partial charge in [-0.25, -0.2) is 13.6 Å². The fraction of sp³-hybridized carbons (Fsp3) is 0.333. The van der Waals surface area contributed by atoms with Gasteiger partial charge in [0.15, 0.2) is 0 Å². The van der Waals surface area contributed by atoms with Crippen molar-refractivity contribution >= 4 is 29.2 Å². The van der Waals surface area contributed by atoms with E-state index in [1.54, 1.807) is 43.5 Å². The summed E-state index contributed by atoms with van der Waals surface area (Å²) in [5, 5.41) is 4.79. The molecule has 0 aliphatic carbocycles. The number of ether oxygens (including phenoxy) is 2. The molecule has 0 radical (unpaired) electrons. The number of nitrogens with one attached hydrogen (secondary N) is 2. The zero-order valence-corrected chi connectivity index (χ0v) is 23.8. The molecule has 0 saturated carbocycles. The average molecular weight is 582 g/mol. The van der Waals surface area contributed by atoms with Crippen LogP contribution in [0.1, 0.15) is 34.7 Å². The van der Waals surface area contributed by atoms with Gasteiger partial charge in [0, 0.05) is 51.1 Å². The minimum atomic E-state index is -0.833. The van der Waals surface area contributed by atoms with Crippen molar-refractivity contribution in [1.29, 1.82) is 0 Å². The molecule has 0 fully saturated rings. The zero-order valence-electron chi connectivity index (χ0n) is 23.8. The van der Waals surface area contributed by atoms with Crippen molar-refractivity contribution in [3.8, 4) is 5.75 Å². The van der Waals surface area contributed by atoms with Crippen molar-refractivity contribution in [3.05, 3.63) is 83.7 Å². The number of fused-ring (bicyclic) bond motifs is 1. The highest BCUT2D eigenvalue weighted by molar-refractivity contribution is 6.02. The second-order valence-electron chi connectivity index (χ2n) is 10.2. The van der Waals surface area contributed by atoms with Crippen LogP contribution in [-0.4, -0.2) is 78.6 Å². The predicted octanol–water partition coefficient (Wildman–Crippen LogP) is 4.65. The fourth-order valence-corrected chi connectivity index (χ4v) is 4.65. The van der Waals surface area contributed by atoms with Gasteiger partial charge < -0.3 is 29.9 Å². The van der Waals surface area contributed by atoms with Crippen LogP contribution in [0.25, 0.3) is 0 Å². The Hall–Kier alpha value is -4.58. The molecule has 2 N–H and O–H groups in total. The molecule has 1 aromatic heterocycles. The topological polar surface area (TPSA) is 113 Å². The van der Waals surface area contributed by atoms with E-state index in [1.807, 2.05) is 13.8 Å². The Morgan fingerprint density at radius 2 is 1.83 bits per heavy atom. The molecule has 1 aliphatic rings. The van der Waals surface area contributed by atoms with E-state index in [1.165, 1.54) is 23.1 Å². The van der Waals surface area contributed by atoms with E-state index in [-0.39, 0.29) is 53.6 Å². The molecule has 0 spiro atoms. The van der Waals surface area contributed by atoms with Crippen molar-refractivity contribution in [3.63, 3.8) is 0 Å². The molecule has 42 heavy (non-hydrogen) atoms. The van der Waals surface area contributed by atoms with Gasteiger partial charge in [0.1, 0.15) is 29.7 Å². The van der Waals surface area contributed by atoms with Gasteiger partial charge in [-0.3, -0.25) is 14.6 Å². The second kappa shape index (κ2) is 13.4. The third kappa shape index (κ3) is 7.19. The third-order valence-corrected chi connectivity index (χ3v) is 7.02. The van der Waals surface area contributed by atoms with Crippen molar-refractivity contribution in [2.24, 2.45) is 5.92 Å². The van der Waals surface area contributed by atoms with Gasteiger partial charge in [-0.05, 0) is 49.4 Å². The Kier molecular flexibility index (Phi) is 9.68. The maximum Gasteiger partial charge on any atom is 0.323 e. The third-order valence-electron chi connectivity index (χ3n) is 7.02. The van der Waals surface area contributed by atoms with Gasteiger partial charge in [0.05, 0.1) is 23.4 Å². The first kappa shape index (κ1) is 30.4. The summed E-state index contributed by atoms with van der Waals surface area (Å²) in [6.07, 6.45) is 1.16. The number of methoxy groups -OCH3 is 1. The number of anilines is 2. The minimum Gasteiger partial charge on any atom is -0.491 e. The monoisotopic (exact) mass is 581 g/mol. The molecule has 222 valence electrons. The number of likely N-dealkylation sites (N-methyl/N-ethyl adjacent to an activating group) is 1. The van der Waals surface area contributed by atoms with Crippen molar-refractivity contribution < 1.29 is 32.6 Å². The fourth-order valence-electron chi connectivity index (χ4n) is 4.65. The number of urea groups is 1. The molecule has 12 heteroatoms. The summed E-state index contributed by atoms with van der Waals surface area (Å²) in [5.41, 5.74) is 0.344. The lowest BCUT2D eigenvalue weighted by Gasteiger charge is -2.36. The number of carbonyl (C=O) groups excluding carboxylic acids is 3. The maximum atomic E-state index is 14.0. The number of hydrogen-bond donors (Lipinski definition) is 2. The summed E-state index contributed by atoms with van der Waals surface area (Å²) >= 11 is 0. The highest BCUT2D eigenvalue weighted by atomic mass is 19.1. The number of carbonyl (C=O) groups is 3. The number of hydrogen-bond acceptors (Lipinski definition) is 6. The lowest BCUT2D eigenvalue weighted by Crippen LogP contribution is -2.48. The molecule has 4 rings (SSSR count). The van der Waals surface area contributed by atoms with E-state index >= 15 is 0 Å². The molecule has 3 aromatic rings. The van der Waals surface area contributed by atoms with Gasteiger partial charge in [-0.15, -0.1) is 0 Å². The van der Waals surface area contributed by atoms with Crippen LogP contribution >= 0.6 is 0 Å². The quantitative estimate of drug-likeness (QED) is 0.464. The number of pyridine rings is 1. The number of aromatic nitrogens is 1. The smallest absolute Gasteiger partial charge is 0.323 e. The SMILES string of the molecule is CO[C@@H]1CN(C)C(=O)c2cc(NC(=O)Nc3cc(F)ccc3F)ccc2OC[C@@H](C)N(C(=O)c2ccccn2)C[C@H]1C. The summed E-state index contributed by atoms with van der Waals surface area (Å²) in [6.45, 7) is 4.42. The highest BCUT2D eigenvalue weighted by Crippen LogP contribution is 2.27. The summed E-state index contributed by atoms with van der Waals surface area (Å²) in [4.78, 5) is 47.0. The molecule has 0 saturated heterocycles. The van der Waals surface area contributed by atoms with Crippen LogP contribution in [0.4, 0.5) is 25.0 Å². The molecule has 0 unspecified atom stereocenters. The molecule has 0 bridgehead atoms. The Balaban J connectivity index is 1.61. The van der Waals surface area contributed by atoms with Crippen LogP contribution < -0.4 is 15.4 Å². The molecule has 10 nitrogen and oxygen atoms in total. The Bertz CT molecular complexity index is 1440. The molecule has 1 aliphatic heterocycles. The normalized spacial score (nSPS) is 19.6. The van der Waals surface area contributed by atoms with Crippen molar-refractivity contribution in [2.75, 3.05) is 44.5 Å². The summed E-state index contributed by atoms with van der Waals surface area (Å²) in [5.74, 6) is -2.06. The Morgan fingerprint density at radius 3 is 2.55 bits per heavy atom. The summed E-state index contributed by atoms with van der Waals surface area (Å²) < 4.78 is 39.3. The van der Waals surface area contributed by atoms with Crippen molar-refractivity contribution in [2.45, 2.75) is 26.0 Å². The van der Waals surface area contributed by atoms with Crippen LogP contribution in [0.3, 0.4) is 0 Å². The minimum absolute atomic E-state index is 0.0685. The molecular weight excluding hydrogens is 548 g/mol. The average Bonchev–Trinajstić information content (AvgIpc) is 2.98. The van der Waals surface area contributed by atoms with Gasteiger partial charge in [0.25, 0.3) is 11.8 Å². The first-order chi connectivity index (χ1) is 20.1. The Labute approximate surface area is 242 Å². The second-order valence-corrected chi connectivity index (χ2v) is 10.2. The largest absolute Gasteiger partial charge is 0.491 e. The maximum absolute atomic E-state index is 14.0. The number of amides is 4. The highest BCUT2D eigenvalue weighted by Gasteiger charge is 2.31. The zero-order chi connectivity index (χ0) is 30.4. The van der Waals surface area contributed by atoms with Gasteiger partial charge in [-0.1, -0.05) is 13.0 Å². The molecular formula is C30H33F2N5O5. The van der Waals surface area contributed by atoms with E-state index in [2.05, 4.69) is 15.6 Å². The first-order valence-electron chi connectivity index (χ1n) is 13.4. The summed E-state index contributed by atoms with van der Waals surface area (Å²) in [6, 6.07) is 11.1. The Morgan fingerprint density at radius 1 is 1.05 bits per heavy atom. The van der Waals surface area contributed by atoms with E-state index in [0.717, 1.165) is 18.2 Å². The molecule has 2 heterocycles. The van der Waals surface area contributed by atoms with Crippen LogP contribution in [0.2, 0.25) is 0 Å². The molecule has 4 amide bonds. The van der Waals surface area contributed by atoms with E-state index in [4.69, 9.17) is 9.47 Å². The summed E-state index contributed by atoms with van der Waals surface area (Å²) in [7, 11) is 3.18. The van der Waals surface area contributed by atoms with Crippen molar-refractivity contribution in [1.82, 2.24) is 14.8 Å². The van der Waals surface area contributed by atoms with Gasteiger partial charge in [-0.2, -0.15) is 0 Å². The van der Waals surface area contributed by atoms with Gasteiger partial charge in [0.2, 0.25) is 0 Å². The van der Waals surface area contributed by atoms with E-state index in [0.29, 0.717) is 12.2 Å². The first-order valence-corrected chi connectivity index (χ1v) is 13.4. The number of nitrogens with zero attached hydrogens (tertiary/aromatic N) is 3. The molecule has 2 aromatic carbocycles. The van der Waals surface area contributed by atoms with Gasteiger partial charge >= 0.3 is 6.03 Å². The van der Waals surface area contributed by atoms with Crippen LogP contribution in [0.5, 0.6) is 5.75 Å². The van der Waals surface area contributed by atoms with E-state index in [9.17, 15) is 23.2 Å². The van der Waals surface area contributed by atoms with Crippen LogP contribution in [0.15, 0.2) is 60.8 Å². The van der Waals surface area contributed by atoms with Crippen LogP contribution in [0, 0.1) is 17.6 Å². The molecule has 3 atom stereocenters. The number of halogens is 2. The number of rotatable bonds is 4. The van der Waals surface area contributed by atoms with E-state index < -0.39 is 29.8 Å². The predicted molar refractivity (Wildman–Crippen MR) is 153 cm³/mol. The lowest BCUT2D eigenvalue weighted by molar-refractivity contribution is 0.0109. The number of benzene rings is 2. The van der Waals surface area contributed by atoms with Crippen LogP contribution in [-0.2, 0) is 4.74 Å².